The predicted octanol–water partition coefficient (Wildman–Crippen LogP) is 3.09. The molecule has 2 nitrogen and oxygen atoms in total. The normalized spacial score (nSPS) is 23.6. The fraction of sp³-hybridized carbons (Fsp3) is 0.400. The summed E-state index contributed by atoms with van der Waals surface area (Å²) in [6, 6.07) is 8.96. The molecule has 1 aliphatic carbocycles. The number of Topliss-reactive ketones (excluding diaryl/α,β-unsaturated/α-hetero) is 1. The van der Waals surface area contributed by atoms with E-state index in [0.29, 0.717) is 18.2 Å². The van der Waals surface area contributed by atoms with E-state index < -0.39 is 0 Å². The van der Waals surface area contributed by atoms with Crippen molar-refractivity contribution < 1.29 is 4.79 Å². The first kappa shape index (κ1) is 10.6. The fourth-order valence-electron chi connectivity index (χ4n) is 2.77. The molecule has 0 aromatic heterocycles. The highest BCUT2D eigenvalue weighted by atomic mass is 16.1. The van der Waals surface area contributed by atoms with Gasteiger partial charge in [0.25, 0.3) is 0 Å². The monoisotopic (exact) mass is 227 g/mol. The Morgan fingerprint density at radius 3 is 2.82 bits per heavy atom. The Labute approximate surface area is 102 Å². The van der Waals surface area contributed by atoms with Gasteiger partial charge in [-0.25, -0.2) is 0 Å². The van der Waals surface area contributed by atoms with Crippen molar-refractivity contribution in [1.29, 1.82) is 0 Å². The van der Waals surface area contributed by atoms with Gasteiger partial charge in [-0.15, -0.1) is 0 Å². The smallest absolute Gasteiger partial charge is 0.136 e. The molecule has 0 spiro atoms. The Bertz CT molecular complexity index is 476. The number of hydrogen-bond acceptors (Lipinski definition) is 2. The number of fused-ring (bicyclic) bond motifs is 1. The van der Waals surface area contributed by atoms with Crippen LogP contribution in [-0.4, -0.2) is 11.8 Å². The first-order valence-corrected chi connectivity index (χ1v) is 6.38. The number of para-hydroxylation sites is 1. The van der Waals surface area contributed by atoms with E-state index >= 15 is 0 Å². The van der Waals surface area contributed by atoms with Crippen molar-refractivity contribution >= 4 is 11.5 Å². The molecule has 1 aliphatic heterocycles. The Morgan fingerprint density at radius 2 is 2.00 bits per heavy atom. The van der Waals surface area contributed by atoms with Gasteiger partial charge in [-0.2, -0.15) is 0 Å². The molecule has 3 rings (SSSR count). The van der Waals surface area contributed by atoms with Crippen molar-refractivity contribution in [3.8, 4) is 0 Å². The minimum atomic E-state index is 0.380. The van der Waals surface area contributed by atoms with Crippen LogP contribution >= 0.6 is 0 Å². The van der Waals surface area contributed by atoms with Gasteiger partial charge in [-0.1, -0.05) is 29.8 Å². The standard InChI is InChI=1S/C15H17NO/c17-13-8-5-12(6-9-13)15-10-7-11-3-1-2-4-14(11)16-15/h1-5,15-16H,6-10H2. The molecule has 0 saturated carbocycles. The third-order valence-corrected chi connectivity index (χ3v) is 3.78. The van der Waals surface area contributed by atoms with Gasteiger partial charge in [-0.05, 0) is 30.9 Å². The number of benzene rings is 1. The number of carbonyl (C=O) groups excluding carboxylic acids is 1. The molecule has 17 heavy (non-hydrogen) atoms. The molecule has 1 N–H and O–H groups in total. The van der Waals surface area contributed by atoms with Gasteiger partial charge >= 0.3 is 0 Å². The van der Waals surface area contributed by atoms with Crippen LogP contribution in [0.1, 0.15) is 31.2 Å². The van der Waals surface area contributed by atoms with Crippen molar-refractivity contribution in [3.05, 3.63) is 41.5 Å². The van der Waals surface area contributed by atoms with Crippen LogP contribution in [0.25, 0.3) is 0 Å². The first-order chi connectivity index (χ1) is 8.33. The fourth-order valence-corrected chi connectivity index (χ4v) is 2.77. The SMILES string of the molecule is O=C1CC=C(C2CCc3ccccc3N2)CC1. The second kappa shape index (κ2) is 4.36. The molecule has 1 aromatic carbocycles. The largest absolute Gasteiger partial charge is 0.378 e. The lowest BCUT2D eigenvalue weighted by Crippen LogP contribution is -2.28. The van der Waals surface area contributed by atoms with Crippen LogP contribution in [0.4, 0.5) is 5.69 Å². The van der Waals surface area contributed by atoms with E-state index in [1.54, 1.807) is 0 Å². The van der Waals surface area contributed by atoms with Crippen LogP contribution < -0.4 is 5.32 Å². The second-order valence-corrected chi connectivity index (χ2v) is 4.91. The second-order valence-electron chi connectivity index (χ2n) is 4.91. The van der Waals surface area contributed by atoms with E-state index in [2.05, 4.69) is 35.7 Å². The minimum Gasteiger partial charge on any atom is -0.378 e. The Morgan fingerprint density at radius 1 is 1.12 bits per heavy atom. The van der Waals surface area contributed by atoms with Gasteiger partial charge in [0.2, 0.25) is 0 Å². The molecule has 2 aliphatic rings. The lowest BCUT2D eigenvalue weighted by atomic mass is 9.87. The van der Waals surface area contributed by atoms with Crippen molar-refractivity contribution in [3.63, 3.8) is 0 Å². The average molecular weight is 227 g/mol. The van der Waals surface area contributed by atoms with Gasteiger partial charge in [0.15, 0.2) is 0 Å². The highest BCUT2D eigenvalue weighted by Gasteiger charge is 2.22. The van der Waals surface area contributed by atoms with Crippen LogP contribution in [0, 0.1) is 0 Å². The highest BCUT2D eigenvalue weighted by molar-refractivity contribution is 5.81. The zero-order valence-electron chi connectivity index (χ0n) is 9.91. The summed E-state index contributed by atoms with van der Waals surface area (Å²) >= 11 is 0. The molecule has 0 amide bonds. The topological polar surface area (TPSA) is 29.1 Å². The number of carbonyl (C=O) groups is 1. The quantitative estimate of drug-likeness (QED) is 0.747. The summed E-state index contributed by atoms with van der Waals surface area (Å²) in [6.45, 7) is 0. The van der Waals surface area contributed by atoms with Gasteiger partial charge < -0.3 is 5.32 Å². The summed E-state index contributed by atoms with van der Waals surface area (Å²) in [6.07, 6.45) is 6.73. The molecule has 0 fully saturated rings. The van der Waals surface area contributed by atoms with Crippen molar-refractivity contribution in [1.82, 2.24) is 0 Å². The average Bonchev–Trinajstić information content (AvgIpc) is 2.39. The summed E-state index contributed by atoms with van der Waals surface area (Å²) in [5.74, 6) is 0.380. The lowest BCUT2D eigenvalue weighted by Gasteiger charge is -2.30. The summed E-state index contributed by atoms with van der Waals surface area (Å²) in [7, 11) is 0. The van der Waals surface area contributed by atoms with Crippen LogP contribution in [-0.2, 0) is 11.2 Å². The molecule has 0 radical (unpaired) electrons. The van der Waals surface area contributed by atoms with E-state index in [1.807, 2.05) is 0 Å². The zero-order valence-corrected chi connectivity index (χ0v) is 9.91. The third-order valence-electron chi connectivity index (χ3n) is 3.78. The minimum absolute atomic E-state index is 0.380. The number of ketones is 1. The lowest BCUT2D eigenvalue weighted by molar-refractivity contribution is -0.118. The van der Waals surface area contributed by atoms with Crippen molar-refractivity contribution in [2.75, 3.05) is 5.32 Å². The summed E-state index contributed by atoms with van der Waals surface area (Å²) in [5, 5.41) is 3.60. The van der Waals surface area contributed by atoms with E-state index in [0.717, 1.165) is 25.7 Å². The van der Waals surface area contributed by atoms with Crippen molar-refractivity contribution in [2.45, 2.75) is 38.1 Å². The first-order valence-electron chi connectivity index (χ1n) is 6.38. The highest BCUT2D eigenvalue weighted by Crippen LogP contribution is 2.30. The molecule has 1 aromatic rings. The van der Waals surface area contributed by atoms with Gasteiger partial charge in [0.1, 0.15) is 5.78 Å². The molecule has 2 heteroatoms. The Kier molecular flexibility index (Phi) is 2.71. The maximum absolute atomic E-state index is 11.2. The molecule has 1 heterocycles. The number of nitrogens with one attached hydrogen (secondary N) is 1. The number of allylic oxidation sites excluding steroid dienone is 1. The Balaban J connectivity index is 1.78. The van der Waals surface area contributed by atoms with Gasteiger partial charge in [0.05, 0.1) is 0 Å². The van der Waals surface area contributed by atoms with Crippen LogP contribution in [0.15, 0.2) is 35.9 Å². The van der Waals surface area contributed by atoms with Crippen LogP contribution in [0.3, 0.4) is 0 Å². The van der Waals surface area contributed by atoms with E-state index in [4.69, 9.17) is 0 Å². The van der Waals surface area contributed by atoms with E-state index in [1.165, 1.54) is 16.8 Å². The summed E-state index contributed by atoms with van der Waals surface area (Å²) in [4.78, 5) is 11.2. The number of rotatable bonds is 1. The maximum Gasteiger partial charge on any atom is 0.136 e. The molecule has 1 unspecified atom stereocenters. The zero-order chi connectivity index (χ0) is 11.7. The predicted molar refractivity (Wildman–Crippen MR) is 69.1 cm³/mol. The Hall–Kier alpha value is -1.57. The van der Waals surface area contributed by atoms with Crippen molar-refractivity contribution in [2.24, 2.45) is 0 Å². The molecular formula is C15H17NO. The third kappa shape index (κ3) is 2.12. The number of anilines is 1. The van der Waals surface area contributed by atoms with Gasteiger partial charge in [-0.3, -0.25) is 4.79 Å². The molecule has 0 saturated heterocycles. The summed E-state index contributed by atoms with van der Waals surface area (Å²) < 4.78 is 0. The van der Waals surface area contributed by atoms with Crippen LogP contribution in [0.2, 0.25) is 0 Å². The van der Waals surface area contributed by atoms with E-state index in [9.17, 15) is 4.79 Å². The van der Waals surface area contributed by atoms with Crippen LogP contribution in [0.5, 0.6) is 0 Å². The molecular weight excluding hydrogens is 210 g/mol. The maximum atomic E-state index is 11.2. The molecule has 0 bridgehead atoms. The number of hydrogen-bond donors (Lipinski definition) is 1. The summed E-state index contributed by atoms with van der Waals surface area (Å²) in [5.41, 5.74) is 4.11. The van der Waals surface area contributed by atoms with Gasteiger partial charge in [0, 0.05) is 24.6 Å². The van der Waals surface area contributed by atoms with E-state index in [-0.39, 0.29) is 0 Å². The molecule has 88 valence electrons. The number of aryl methyl sites for hydroxylation is 1. The molecule has 1 atom stereocenters.